The fraction of sp³-hybridized carbons (Fsp3) is 1.00. The Morgan fingerprint density at radius 2 is 1.83 bits per heavy atom. The summed E-state index contributed by atoms with van der Waals surface area (Å²) in [6.45, 7) is 5.88. The summed E-state index contributed by atoms with van der Waals surface area (Å²) in [4.78, 5) is 0. The second-order valence-electron chi connectivity index (χ2n) is 5.06. The maximum atomic E-state index is 12.1. The van der Waals surface area contributed by atoms with Gasteiger partial charge in [0.15, 0.2) is 0 Å². The summed E-state index contributed by atoms with van der Waals surface area (Å²) >= 11 is 0. The first-order chi connectivity index (χ1) is 8.53. The highest BCUT2D eigenvalue weighted by molar-refractivity contribution is 7.87. The summed E-state index contributed by atoms with van der Waals surface area (Å²) in [5.41, 5.74) is 0. The first-order valence-corrected chi connectivity index (χ1v) is 8.33. The van der Waals surface area contributed by atoms with Gasteiger partial charge >= 0.3 is 0 Å². The monoisotopic (exact) mass is 278 g/mol. The lowest BCUT2D eigenvalue weighted by Gasteiger charge is -2.30. The maximum Gasteiger partial charge on any atom is 0.279 e. The molecule has 0 bridgehead atoms. The molecule has 0 radical (unpaired) electrons. The van der Waals surface area contributed by atoms with Crippen LogP contribution in [-0.4, -0.2) is 44.1 Å². The summed E-state index contributed by atoms with van der Waals surface area (Å²) < 4.78 is 28.3. The van der Waals surface area contributed by atoms with Crippen molar-refractivity contribution in [1.29, 1.82) is 0 Å². The van der Waals surface area contributed by atoms with E-state index < -0.39 is 10.2 Å². The summed E-state index contributed by atoms with van der Waals surface area (Å²) in [5, 5.41) is 9.04. The van der Waals surface area contributed by atoms with Gasteiger partial charge in [-0.15, -0.1) is 0 Å². The quantitative estimate of drug-likeness (QED) is 0.729. The van der Waals surface area contributed by atoms with Crippen molar-refractivity contribution in [2.75, 3.05) is 26.2 Å². The fourth-order valence-corrected chi connectivity index (χ4v) is 3.54. The first-order valence-electron chi connectivity index (χ1n) is 6.89. The summed E-state index contributed by atoms with van der Waals surface area (Å²) in [7, 11) is -3.33. The largest absolute Gasteiger partial charge is 0.396 e. The van der Waals surface area contributed by atoms with Crippen LogP contribution in [0.25, 0.3) is 0 Å². The minimum atomic E-state index is -3.33. The number of nitrogens with one attached hydrogen (secondary N) is 1. The molecule has 0 aromatic rings. The molecule has 0 aromatic heterocycles. The van der Waals surface area contributed by atoms with Crippen molar-refractivity contribution in [1.82, 2.24) is 9.03 Å². The molecule has 0 unspecified atom stereocenters. The van der Waals surface area contributed by atoms with Crippen molar-refractivity contribution in [2.24, 2.45) is 11.8 Å². The number of aliphatic hydroxyl groups is 1. The van der Waals surface area contributed by atoms with Gasteiger partial charge in [0, 0.05) is 26.2 Å². The molecule has 0 aromatic carbocycles. The lowest BCUT2D eigenvalue weighted by molar-refractivity contribution is 0.169. The molecule has 18 heavy (non-hydrogen) atoms. The molecule has 1 aliphatic rings. The number of rotatable bonds is 7. The molecular formula is C12H26N2O3S. The Labute approximate surface area is 111 Å². The summed E-state index contributed by atoms with van der Waals surface area (Å²) in [6.07, 6.45) is 3.49. The van der Waals surface area contributed by atoms with Gasteiger partial charge in [0.2, 0.25) is 0 Å². The van der Waals surface area contributed by atoms with Crippen LogP contribution in [0.15, 0.2) is 0 Å². The lowest BCUT2D eigenvalue weighted by atomic mass is 10.00. The van der Waals surface area contributed by atoms with Gasteiger partial charge in [-0.25, -0.2) is 4.72 Å². The van der Waals surface area contributed by atoms with E-state index in [1.165, 1.54) is 4.31 Å². The average Bonchev–Trinajstić information content (AvgIpc) is 2.40. The lowest BCUT2D eigenvalue weighted by Crippen LogP contribution is -2.46. The Hall–Kier alpha value is -0.170. The van der Waals surface area contributed by atoms with Crippen molar-refractivity contribution in [3.63, 3.8) is 0 Å². The smallest absolute Gasteiger partial charge is 0.279 e. The van der Waals surface area contributed by atoms with E-state index in [4.69, 9.17) is 5.11 Å². The Morgan fingerprint density at radius 3 is 2.28 bits per heavy atom. The molecule has 0 atom stereocenters. The third kappa shape index (κ3) is 4.50. The summed E-state index contributed by atoms with van der Waals surface area (Å²) in [6, 6.07) is 0. The Kier molecular flexibility index (Phi) is 6.55. The molecule has 1 saturated heterocycles. The standard InChI is InChI=1S/C12H26N2O3S/c1-3-11(4-2)9-13-18(16,17)14-7-5-12(10-15)6-8-14/h11-13,15H,3-10H2,1-2H3. The van der Waals surface area contributed by atoms with Crippen molar-refractivity contribution < 1.29 is 13.5 Å². The number of aliphatic hydroxyl groups excluding tert-OH is 1. The molecule has 0 aliphatic carbocycles. The zero-order valence-corrected chi connectivity index (χ0v) is 12.2. The van der Waals surface area contributed by atoms with Crippen molar-refractivity contribution in [3.8, 4) is 0 Å². The van der Waals surface area contributed by atoms with Crippen LogP contribution >= 0.6 is 0 Å². The van der Waals surface area contributed by atoms with Gasteiger partial charge in [-0.3, -0.25) is 0 Å². The Bertz CT molecular complexity index is 320. The normalized spacial score (nSPS) is 19.6. The van der Waals surface area contributed by atoms with E-state index in [-0.39, 0.29) is 12.5 Å². The topological polar surface area (TPSA) is 69.6 Å². The van der Waals surface area contributed by atoms with Gasteiger partial charge in [0.05, 0.1) is 0 Å². The van der Waals surface area contributed by atoms with Gasteiger partial charge < -0.3 is 5.11 Å². The van der Waals surface area contributed by atoms with Crippen LogP contribution in [-0.2, 0) is 10.2 Å². The third-order valence-electron chi connectivity index (χ3n) is 3.88. The molecule has 2 N–H and O–H groups in total. The number of nitrogens with zero attached hydrogens (tertiary/aromatic N) is 1. The SMILES string of the molecule is CCC(CC)CNS(=O)(=O)N1CCC(CO)CC1. The van der Waals surface area contributed by atoms with Crippen LogP contribution in [0.2, 0.25) is 0 Å². The van der Waals surface area contributed by atoms with Gasteiger partial charge in [-0.2, -0.15) is 12.7 Å². The molecule has 5 nitrogen and oxygen atoms in total. The molecule has 1 aliphatic heterocycles. The van der Waals surface area contributed by atoms with E-state index >= 15 is 0 Å². The highest BCUT2D eigenvalue weighted by atomic mass is 32.2. The van der Waals surface area contributed by atoms with Gasteiger partial charge in [0.25, 0.3) is 10.2 Å². The first kappa shape index (κ1) is 15.9. The van der Waals surface area contributed by atoms with Crippen LogP contribution in [0.5, 0.6) is 0 Å². The minimum Gasteiger partial charge on any atom is -0.396 e. The number of hydrogen-bond donors (Lipinski definition) is 2. The predicted octanol–water partition coefficient (Wildman–Crippen LogP) is 0.961. The molecule has 0 spiro atoms. The van der Waals surface area contributed by atoms with E-state index in [0.717, 1.165) is 25.7 Å². The fourth-order valence-electron chi connectivity index (χ4n) is 2.22. The maximum absolute atomic E-state index is 12.1. The highest BCUT2D eigenvalue weighted by Crippen LogP contribution is 2.18. The van der Waals surface area contributed by atoms with Crippen molar-refractivity contribution in [2.45, 2.75) is 39.5 Å². The molecule has 0 saturated carbocycles. The average molecular weight is 278 g/mol. The predicted molar refractivity (Wildman–Crippen MR) is 72.4 cm³/mol. The van der Waals surface area contributed by atoms with E-state index in [9.17, 15) is 8.42 Å². The highest BCUT2D eigenvalue weighted by Gasteiger charge is 2.27. The molecule has 1 fully saturated rings. The Balaban J connectivity index is 2.44. The van der Waals surface area contributed by atoms with Crippen LogP contribution in [0, 0.1) is 11.8 Å². The van der Waals surface area contributed by atoms with E-state index in [1.54, 1.807) is 0 Å². The van der Waals surface area contributed by atoms with Crippen LogP contribution in [0.1, 0.15) is 39.5 Å². The number of piperidine rings is 1. The van der Waals surface area contributed by atoms with E-state index in [2.05, 4.69) is 18.6 Å². The molecule has 1 heterocycles. The third-order valence-corrected chi connectivity index (χ3v) is 5.46. The van der Waals surface area contributed by atoms with Crippen LogP contribution in [0.3, 0.4) is 0 Å². The molecular weight excluding hydrogens is 252 g/mol. The second kappa shape index (κ2) is 7.43. The zero-order valence-electron chi connectivity index (χ0n) is 11.4. The van der Waals surface area contributed by atoms with Crippen LogP contribution in [0.4, 0.5) is 0 Å². The summed E-state index contributed by atoms with van der Waals surface area (Å²) in [5.74, 6) is 0.672. The molecule has 6 heteroatoms. The molecule has 0 amide bonds. The molecule has 108 valence electrons. The second-order valence-corrected chi connectivity index (χ2v) is 6.82. The van der Waals surface area contributed by atoms with E-state index in [1.807, 2.05) is 0 Å². The van der Waals surface area contributed by atoms with Crippen LogP contribution < -0.4 is 4.72 Å². The number of hydrogen-bond acceptors (Lipinski definition) is 3. The molecule has 1 rings (SSSR count). The minimum absolute atomic E-state index is 0.162. The zero-order chi connectivity index (χ0) is 13.6. The van der Waals surface area contributed by atoms with Gasteiger partial charge in [-0.1, -0.05) is 26.7 Å². The van der Waals surface area contributed by atoms with E-state index in [0.29, 0.717) is 25.6 Å². The van der Waals surface area contributed by atoms with Crippen molar-refractivity contribution in [3.05, 3.63) is 0 Å². The van der Waals surface area contributed by atoms with Gasteiger partial charge in [-0.05, 0) is 24.7 Å². The van der Waals surface area contributed by atoms with Crippen molar-refractivity contribution >= 4 is 10.2 Å². The Morgan fingerprint density at radius 1 is 1.28 bits per heavy atom. The van der Waals surface area contributed by atoms with Gasteiger partial charge in [0.1, 0.15) is 0 Å².